The maximum Gasteiger partial charge on any atom is 0.279 e. The molecule has 0 saturated carbocycles. The van der Waals surface area contributed by atoms with Crippen LogP contribution in [0, 0.1) is 0 Å². The molecule has 1 fully saturated rings. The van der Waals surface area contributed by atoms with Crippen molar-refractivity contribution >= 4 is 10.2 Å². The van der Waals surface area contributed by atoms with Gasteiger partial charge in [0.25, 0.3) is 10.2 Å². The van der Waals surface area contributed by atoms with Crippen LogP contribution in [0.2, 0.25) is 0 Å². The summed E-state index contributed by atoms with van der Waals surface area (Å²) in [5.41, 5.74) is -1.06. The highest BCUT2D eigenvalue weighted by Gasteiger charge is 2.31. The summed E-state index contributed by atoms with van der Waals surface area (Å²) in [6, 6.07) is 0. The molecule has 1 aliphatic rings. The van der Waals surface area contributed by atoms with E-state index in [0.717, 1.165) is 0 Å². The summed E-state index contributed by atoms with van der Waals surface area (Å²) in [6.07, 6.45) is -0.227. The fourth-order valence-corrected chi connectivity index (χ4v) is 3.22. The molecule has 2 atom stereocenters. The van der Waals surface area contributed by atoms with Crippen LogP contribution in [-0.2, 0) is 14.9 Å². The maximum atomic E-state index is 12.0. The third-order valence-corrected chi connectivity index (χ3v) is 3.90. The minimum atomic E-state index is -3.54. The smallest absolute Gasteiger partial charge is 0.279 e. The van der Waals surface area contributed by atoms with Crippen molar-refractivity contribution in [3.8, 4) is 0 Å². The monoisotopic (exact) mass is 266 g/mol. The highest BCUT2D eigenvalue weighted by atomic mass is 32.2. The fourth-order valence-electron chi connectivity index (χ4n) is 1.69. The van der Waals surface area contributed by atoms with Gasteiger partial charge in [-0.15, -0.1) is 0 Å². The number of hydrogen-bond donors (Lipinski definition) is 2. The summed E-state index contributed by atoms with van der Waals surface area (Å²) in [5.74, 6) is 0. The molecule has 0 aliphatic carbocycles. The molecule has 0 aromatic heterocycles. The van der Waals surface area contributed by atoms with Gasteiger partial charge in [-0.3, -0.25) is 0 Å². The Morgan fingerprint density at radius 2 is 1.82 bits per heavy atom. The van der Waals surface area contributed by atoms with Crippen molar-refractivity contribution in [3.63, 3.8) is 0 Å². The van der Waals surface area contributed by atoms with E-state index in [2.05, 4.69) is 4.72 Å². The Hall–Kier alpha value is -0.210. The lowest BCUT2D eigenvalue weighted by Crippen LogP contribution is -2.53. The Morgan fingerprint density at radius 3 is 2.24 bits per heavy atom. The van der Waals surface area contributed by atoms with Crippen molar-refractivity contribution in [2.24, 2.45) is 0 Å². The first-order chi connectivity index (χ1) is 7.60. The second kappa shape index (κ2) is 5.19. The second-order valence-electron chi connectivity index (χ2n) is 5.21. The molecular formula is C10H22N2O4S. The molecule has 0 aromatic carbocycles. The molecule has 0 spiro atoms. The number of nitrogens with one attached hydrogen (secondary N) is 1. The maximum absolute atomic E-state index is 12.0. The quantitative estimate of drug-likeness (QED) is 0.732. The minimum Gasteiger partial charge on any atom is -0.389 e. The average Bonchev–Trinajstić information content (AvgIpc) is 2.12. The zero-order chi connectivity index (χ0) is 13.3. The summed E-state index contributed by atoms with van der Waals surface area (Å²) in [5, 5.41) is 9.51. The highest BCUT2D eigenvalue weighted by molar-refractivity contribution is 7.87. The molecule has 0 radical (unpaired) electrons. The third-order valence-electron chi connectivity index (χ3n) is 2.41. The molecule has 17 heavy (non-hydrogen) atoms. The normalized spacial score (nSPS) is 28.3. The summed E-state index contributed by atoms with van der Waals surface area (Å²) < 4.78 is 33.2. The molecule has 102 valence electrons. The first kappa shape index (κ1) is 14.8. The van der Waals surface area contributed by atoms with Gasteiger partial charge in [0.15, 0.2) is 0 Å². The Balaban J connectivity index is 2.63. The van der Waals surface area contributed by atoms with Crippen LogP contribution >= 0.6 is 0 Å². The van der Waals surface area contributed by atoms with Crippen LogP contribution < -0.4 is 4.72 Å². The summed E-state index contributed by atoms with van der Waals surface area (Å²) in [6.45, 7) is 7.47. The van der Waals surface area contributed by atoms with E-state index in [1.165, 1.54) is 4.31 Å². The topological polar surface area (TPSA) is 78.9 Å². The molecule has 1 rings (SSSR count). The van der Waals surface area contributed by atoms with Gasteiger partial charge in [-0.2, -0.15) is 17.4 Å². The third kappa shape index (κ3) is 4.89. The molecule has 7 heteroatoms. The zero-order valence-electron chi connectivity index (χ0n) is 10.8. The molecule has 1 saturated heterocycles. The molecule has 1 aliphatic heterocycles. The van der Waals surface area contributed by atoms with Crippen LogP contribution in [-0.4, -0.2) is 55.3 Å². The molecule has 0 aromatic rings. The van der Waals surface area contributed by atoms with E-state index in [1.54, 1.807) is 13.8 Å². The van der Waals surface area contributed by atoms with E-state index in [1.807, 2.05) is 13.8 Å². The van der Waals surface area contributed by atoms with Crippen molar-refractivity contribution in [2.45, 2.75) is 45.5 Å². The molecule has 1 heterocycles. The lowest BCUT2D eigenvalue weighted by molar-refractivity contribution is -0.0445. The number of morpholine rings is 1. The molecule has 0 bridgehead atoms. The van der Waals surface area contributed by atoms with E-state index < -0.39 is 15.8 Å². The lowest BCUT2D eigenvalue weighted by atomic mass is 10.1. The number of ether oxygens (including phenoxy) is 1. The molecule has 2 N–H and O–H groups in total. The minimum absolute atomic E-state index is 0.00451. The Labute approximate surface area is 103 Å². The second-order valence-corrected chi connectivity index (χ2v) is 6.97. The van der Waals surface area contributed by atoms with Crippen LogP contribution in [0.3, 0.4) is 0 Å². The van der Waals surface area contributed by atoms with Gasteiger partial charge in [0.1, 0.15) is 0 Å². The number of hydrogen-bond acceptors (Lipinski definition) is 4. The summed E-state index contributed by atoms with van der Waals surface area (Å²) in [7, 11) is -3.54. The van der Waals surface area contributed by atoms with Gasteiger partial charge in [-0.25, -0.2) is 0 Å². The first-order valence-corrected chi connectivity index (χ1v) is 7.17. The molecule has 6 nitrogen and oxygen atoms in total. The van der Waals surface area contributed by atoms with Crippen LogP contribution in [0.15, 0.2) is 0 Å². The lowest BCUT2D eigenvalue weighted by Gasteiger charge is -2.34. The van der Waals surface area contributed by atoms with Crippen LogP contribution in [0.5, 0.6) is 0 Å². The molecule has 0 amide bonds. The molecule has 2 unspecified atom stereocenters. The number of nitrogens with zero attached hydrogens (tertiary/aromatic N) is 1. The van der Waals surface area contributed by atoms with Gasteiger partial charge in [0.05, 0.1) is 17.8 Å². The Bertz CT molecular complexity index is 340. The van der Waals surface area contributed by atoms with Gasteiger partial charge in [0.2, 0.25) is 0 Å². The highest BCUT2D eigenvalue weighted by Crippen LogP contribution is 2.13. The summed E-state index contributed by atoms with van der Waals surface area (Å²) >= 11 is 0. The van der Waals surface area contributed by atoms with Crippen LogP contribution in [0.4, 0.5) is 0 Å². The Kier molecular flexibility index (Phi) is 4.54. The zero-order valence-corrected chi connectivity index (χ0v) is 11.6. The fraction of sp³-hybridized carbons (Fsp3) is 1.00. The van der Waals surface area contributed by atoms with Crippen LogP contribution in [0.1, 0.15) is 27.7 Å². The van der Waals surface area contributed by atoms with Crippen molar-refractivity contribution in [2.75, 3.05) is 19.6 Å². The predicted molar refractivity (Wildman–Crippen MR) is 64.8 cm³/mol. The van der Waals surface area contributed by atoms with Gasteiger partial charge in [0, 0.05) is 19.6 Å². The number of aliphatic hydroxyl groups is 1. The Morgan fingerprint density at radius 1 is 1.35 bits per heavy atom. The van der Waals surface area contributed by atoms with Crippen molar-refractivity contribution in [1.29, 1.82) is 0 Å². The van der Waals surface area contributed by atoms with Gasteiger partial charge in [-0.1, -0.05) is 0 Å². The van der Waals surface area contributed by atoms with Crippen LogP contribution in [0.25, 0.3) is 0 Å². The van der Waals surface area contributed by atoms with E-state index in [4.69, 9.17) is 4.74 Å². The van der Waals surface area contributed by atoms with Crippen molar-refractivity contribution in [1.82, 2.24) is 9.03 Å². The van der Waals surface area contributed by atoms with E-state index >= 15 is 0 Å². The predicted octanol–water partition coefficient (Wildman–Crippen LogP) is -0.299. The van der Waals surface area contributed by atoms with E-state index in [0.29, 0.717) is 13.1 Å². The van der Waals surface area contributed by atoms with Gasteiger partial charge >= 0.3 is 0 Å². The van der Waals surface area contributed by atoms with Gasteiger partial charge in [-0.05, 0) is 27.7 Å². The SMILES string of the molecule is CC1CN(S(=O)(=O)NCC(C)(C)O)CC(C)O1. The van der Waals surface area contributed by atoms with E-state index in [9.17, 15) is 13.5 Å². The standard InChI is InChI=1S/C10H22N2O4S/c1-8-5-12(6-9(2)16-8)17(14,15)11-7-10(3,4)13/h8-9,11,13H,5-7H2,1-4H3. The van der Waals surface area contributed by atoms with Crippen molar-refractivity contribution in [3.05, 3.63) is 0 Å². The summed E-state index contributed by atoms with van der Waals surface area (Å²) in [4.78, 5) is 0. The number of rotatable bonds is 4. The van der Waals surface area contributed by atoms with Crippen molar-refractivity contribution < 1.29 is 18.3 Å². The molecular weight excluding hydrogens is 244 g/mol. The largest absolute Gasteiger partial charge is 0.389 e. The van der Waals surface area contributed by atoms with E-state index in [-0.39, 0.29) is 18.8 Å². The van der Waals surface area contributed by atoms with Gasteiger partial charge < -0.3 is 9.84 Å². The first-order valence-electron chi connectivity index (χ1n) is 5.73. The average molecular weight is 266 g/mol.